The van der Waals surface area contributed by atoms with Crippen LogP contribution in [-0.4, -0.2) is 43.3 Å². The SMILES string of the molecule is CC(CO)N(C)S(=O)(=O)CC1CCCC1. The first-order chi connectivity index (χ1) is 6.97. The number of aliphatic hydroxyl groups is 1. The molecule has 1 N–H and O–H groups in total. The van der Waals surface area contributed by atoms with E-state index in [9.17, 15) is 8.42 Å². The van der Waals surface area contributed by atoms with Crippen LogP contribution in [0.3, 0.4) is 0 Å². The van der Waals surface area contributed by atoms with E-state index in [1.807, 2.05) is 0 Å². The molecule has 1 saturated carbocycles. The smallest absolute Gasteiger partial charge is 0.214 e. The van der Waals surface area contributed by atoms with Gasteiger partial charge >= 0.3 is 0 Å². The Hall–Kier alpha value is -0.130. The molecule has 90 valence electrons. The lowest BCUT2D eigenvalue weighted by Gasteiger charge is -2.24. The van der Waals surface area contributed by atoms with E-state index in [1.54, 1.807) is 14.0 Å². The normalized spacial score (nSPS) is 21.1. The molecule has 1 unspecified atom stereocenters. The molecule has 0 aliphatic heterocycles. The van der Waals surface area contributed by atoms with E-state index < -0.39 is 10.0 Å². The fourth-order valence-corrected chi connectivity index (χ4v) is 3.76. The molecule has 0 aromatic heterocycles. The first-order valence-electron chi connectivity index (χ1n) is 5.54. The summed E-state index contributed by atoms with van der Waals surface area (Å²) in [6.45, 7) is 1.59. The van der Waals surface area contributed by atoms with Crippen molar-refractivity contribution in [2.75, 3.05) is 19.4 Å². The Morgan fingerprint density at radius 3 is 2.40 bits per heavy atom. The van der Waals surface area contributed by atoms with E-state index >= 15 is 0 Å². The number of hydrogen-bond acceptors (Lipinski definition) is 3. The predicted molar refractivity (Wildman–Crippen MR) is 60.1 cm³/mol. The summed E-state index contributed by atoms with van der Waals surface area (Å²) >= 11 is 0. The van der Waals surface area contributed by atoms with Crippen LogP contribution in [0.1, 0.15) is 32.6 Å². The highest BCUT2D eigenvalue weighted by Gasteiger charge is 2.27. The van der Waals surface area contributed by atoms with Crippen molar-refractivity contribution in [2.24, 2.45) is 5.92 Å². The lowest BCUT2D eigenvalue weighted by molar-refractivity contribution is 0.213. The third-order valence-corrected chi connectivity index (χ3v) is 5.37. The van der Waals surface area contributed by atoms with Crippen molar-refractivity contribution in [3.8, 4) is 0 Å². The van der Waals surface area contributed by atoms with Gasteiger partial charge in [0.15, 0.2) is 0 Å². The summed E-state index contributed by atoms with van der Waals surface area (Å²) in [6, 6.07) is -0.323. The summed E-state index contributed by atoms with van der Waals surface area (Å²) in [7, 11) is -1.63. The minimum Gasteiger partial charge on any atom is -0.395 e. The zero-order valence-corrected chi connectivity index (χ0v) is 10.3. The van der Waals surface area contributed by atoms with Gasteiger partial charge in [-0.25, -0.2) is 8.42 Å². The molecule has 1 atom stereocenters. The molecule has 0 saturated heterocycles. The zero-order chi connectivity index (χ0) is 11.5. The van der Waals surface area contributed by atoms with Gasteiger partial charge in [0.05, 0.1) is 12.4 Å². The summed E-state index contributed by atoms with van der Waals surface area (Å²) in [5.74, 6) is 0.566. The standard InChI is InChI=1S/C10H21NO3S/c1-9(7-12)11(2)15(13,14)8-10-5-3-4-6-10/h9-10,12H,3-8H2,1-2H3. The topological polar surface area (TPSA) is 57.6 Å². The van der Waals surface area contributed by atoms with E-state index in [0.29, 0.717) is 5.92 Å². The molecule has 0 bridgehead atoms. The molecule has 0 radical (unpaired) electrons. The van der Waals surface area contributed by atoms with E-state index in [1.165, 1.54) is 4.31 Å². The number of rotatable bonds is 5. The Balaban J connectivity index is 2.57. The van der Waals surface area contributed by atoms with Gasteiger partial charge in [0, 0.05) is 13.1 Å². The van der Waals surface area contributed by atoms with Gasteiger partial charge < -0.3 is 5.11 Å². The largest absolute Gasteiger partial charge is 0.395 e. The Labute approximate surface area is 92.3 Å². The minimum absolute atomic E-state index is 0.125. The van der Waals surface area contributed by atoms with Crippen molar-refractivity contribution in [3.05, 3.63) is 0 Å². The van der Waals surface area contributed by atoms with Crippen molar-refractivity contribution in [3.63, 3.8) is 0 Å². The summed E-state index contributed by atoms with van der Waals surface area (Å²) in [5, 5.41) is 8.92. The Bertz CT molecular complexity index is 283. The van der Waals surface area contributed by atoms with Gasteiger partial charge in [0.2, 0.25) is 10.0 Å². The van der Waals surface area contributed by atoms with Gasteiger partial charge in [-0.2, -0.15) is 4.31 Å². The minimum atomic E-state index is -3.18. The van der Waals surface area contributed by atoms with Gasteiger partial charge in [-0.15, -0.1) is 0 Å². The fourth-order valence-electron chi connectivity index (χ4n) is 1.98. The highest BCUT2D eigenvalue weighted by molar-refractivity contribution is 7.89. The second-order valence-corrected chi connectivity index (χ2v) is 6.55. The van der Waals surface area contributed by atoms with Crippen LogP contribution in [0, 0.1) is 5.92 Å². The molecule has 0 aromatic rings. The second kappa shape index (κ2) is 5.27. The summed E-state index contributed by atoms with van der Waals surface area (Å²) in [6.07, 6.45) is 4.36. The first kappa shape index (κ1) is 12.9. The molecule has 15 heavy (non-hydrogen) atoms. The lowest BCUT2D eigenvalue weighted by Crippen LogP contribution is -2.39. The van der Waals surface area contributed by atoms with Gasteiger partial charge in [-0.05, 0) is 25.7 Å². The molecule has 4 nitrogen and oxygen atoms in total. The third kappa shape index (κ3) is 3.43. The van der Waals surface area contributed by atoms with Gasteiger partial charge in [0.25, 0.3) is 0 Å². The highest BCUT2D eigenvalue weighted by Crippen LogP contribution is 2.26. The summed E-state index contributed by atoms with van der Waals surface area (Å²) in [5.41, 5.74) is 0. The fraction of sp³-hybridized carbons (Fsp3) is 1.00. The number of nitrogens with zero attached hydrogens (tertiary/aromatic N) is 1. The van der Waals surface area contributed by atoms with Crippen LogP contribution < -0.4 is 0 Å². The number of likely N-dealkylation sites (N-methyl/N-ethyl adjacent to an activating group) is 1. The molecule has 0 aromatic carbocycles. The van der Waals surface area contributed by atoms with E-state index in [2.05, 4.69) is 0 Å². The van der Waals surface area contributed by atoms with Crippen LogP contribution in [-0.2, 0) is 10.0 Å². The molecule has 1 fully saturated rings. The van der Waals surface area contributed by atoms with Crippen molar-refractivity contribution in [1.29, 1.82) is 0 Å². The summed E-state index contributed by atoms with van der Waals surface area (Å²) in [4.78, 5) is 0. The van der Waals surface area contributed by atoms with Crippen LogP contribution in [0.15, 0.2) is 0 Å². The average molecular weight is 235 g/mol. The molecule has 0 amide bonds. The van der Waals surface area contributed by atoms with Crippen LogP contribution in [0.4, 0.5) is 0 Å². The van der Waals surface area contributed by atoms with Crippen LogP contribution in [0.5, 0.6) is 0 Å². The van der Waals surface area contributed by atoms with Crippen molar-refractivity contribution in [2.45, 2.75) is 38.6 Å². The molecular weight excluding hydrogens is 214 g/mol. The summed E-state index contributed by atoms with van der Waals surface area (Å²) < 4.78 is 25.1. The van der Waals surface area contributed by atoms with Crippen molar-refractivity contribution < 1.29 is 13.5 Å². The van der Waals surface area contributed by atoms with Gasteiger partial charge in [-0.3, -0.25) is 0 Å². The van der Waals surface area contributed by atoms with Gasteiger partial charge in [-0.1, -0.05) is 12.8 Å². The van der Waals surface area contributed by atoms with E-state index in [4.69, 9.17) is 5.11 Å². The van der Waals surface area contributed by atoms with E-state index in [0.717, 1.165) is 25.7 Å². The van der Waals surface area contributed by atoms with Crippen molar-refractivity contribution >= 4 is 10.0 Å². The average Bonchev–Trinajstić information content (AvgIpc) is 2.67. The molecule has 0 heterocycles. The molecule has 1 aliphatic rings. The van der Waals surface area contributed by atoms with Crippen LogP contribution in [0.2, 0.25) is 0 Å². The number of aliphatic hydroxyl groups excluding tert-OH is 1. The lowest BCUT2D eigenvalue weighted by atomic mass is 10.1. The van der Waals surface area contributed by atoms with Gasteiger partial charge in [0.1, 0.15) is 0 Å². The first-order valence-corrected chi connectivity index (χ1v) is 7.15. The zero-order valence-electron chi connectivity index (χ0n) is 9.52. The van der Waals surface area contributed by atoms with E-state index in [-0.39, 0.29) is 18.4 Å². The molecule has 1 aliphatic carbocycles. The predicted octanol–water partition coefficient (Wildman–Crippen LogP) is 0.819. The quantitative estimate of drug-likeness (QED) is 0.767. The highest BCUT2D eigenvalue weighted by atomic mass is 32.2. The number of hydrogen-bond donors (Lipinski definition) is 1. The molecule has 5 heteroatoms. The maximum atomic E-state index is 11.9. The molecule has 1 rings (SSSR count). The maximum absolute atomic E-state index is 11.9. The monoisotopic (exact) mass is 235 g/mol. The Kier molecular flexibility index (Phi) is 4.55. The van der Waals surface area contributed by atoms with Crippen molar-refractivity contribution in [1.82, 2.24) is 4.31 Å². The molecule has 0 spiro atoms. The third-order valence-electron chi connectivity index (χ3n) is 3.24. The maximum Gasteiger partial charge on any atom is 0.214 e. The second-order valence-electron chi connectivity index (χ2n) is 4.48. The Morgan fingerprint density at radius 2 is 1.93 bits per heavy atom. The molecular formula is C10H21NO3S. The Morgan fingerprint density at radius 1 is 1.40 bits per heavy atom. The van der Waals surface area contributed by atoms with Crippen LogP contribution in [0.25, 0.3) is 0 Å². The van der Waals surface area contributed by atoms with Crippen LogP contribution >= 0.6 is 0 Å². The number of sulfonamides is 1.